The Labute approximate surface area is 113 Å². The second-order valence-corrected chi connectivity index (χ2v) is 5.76. The molecule has 0 radical (unpaired) electrons. The van der Waals surface area contributed by atoms with Crippen molar-refractivity contribution in [1.82, 2.24) is 14.9 Å². The van der Waals surface area contributed by atoms with E-state index in [4.69, 9.17) is 5.11 Å². The molecule has 1 N–H and O–H groups in total. The van der Waals surface area contributed by atoms with Gasteiger partial charge < -0.3 is 10.0 Å². The summed E-state index contributed by atoms with van der Waals surface area (Å²) in [7, 11) is 2.14. The molecule has 0 unspecified atom stereocenters. The molecule has 19 heavy (non-hydrogen) atoms. The van der Waals surface area contributed by atoms with E-state index in [1.165, 1.54) is 12.4 Å². The maximum atomic E-state index is 11.3. The maximum absolute atomic E-state index is 11.3. The smallest absolute Gasteiger partial charge is 0.191 e. The Balaban J connectivity index is 2.01. The highest BCUT2D eigenvalue weighted by molar-refractivity contribution is 5.96. The number of nitrogens with zero attached hydrogens (tertiary/aromatic N) is 3. The first-order chi connectivity index (χ1) is 9.02. The number of rotatable bonds is 4. The summed E-state index contributed by atoms with van der Waals surface area (Å²) in [5.41, 5.74) is 0.620. The summed E-state index contributed by atoms with van der Waals surface area (Å²) >= 11 is 0. The summed E-state index contributed by atoms with van der Waals surface area (Å²) in [5.74, 6) is 0.443. The normalized spacial score (nSPS) is 19.3. The number of carbonyl (C=O) groups excluding carboxylic acids is 1. The van der Waals surface area contributed by atoms with Crippen LogP contribution in [0.3, 0.4) is 0 Å². The molecule has 2 rings (SSSR count). The molecule has 1 fully saturated rings. The average molecular weight is 263 g/mol. The van der Waals surface area contributed by atoms with Crippen LogP contribution in [-0.4, -0.2) is 52.5 Å². The molecule has 1 aliphatic rings. The van der Waals surface area contributed by atoms with Gasteiger partial charge in [-0.25, -0.2) is 9.97 Å². The minimum Gasteiger partial charge on any atom is -0.388 e. The van der Waals surface area contributed by atoms with Crippen LogP contribution in [0.1, 0.15) is 35.9 Å². The Morgan fingerprint density at radius 2 is 1.95 bits per heavy atom. The lowest BCUT2D eigenvalue weighted by Crippen LogP contribution is -2.37. The number of aliphatic hydroxyl groups excluding tert-OH is 1. The number of hydrogen-bond donors (Lipinski definition) is 1. The molecule has 0 saturated carbocycles. The van der Waals surface area contributed by atoms with Gasteiger partial charge in [0, 0.05) is 18.8 Å². The quantitative estimate of drug-likeness (QED) is 0.818. The van der Waals surface area contributed by atoms with Crippen LogP contribution in [-0.2, 0) is 6.42 Å². The Hall–Kier alpha value is -1.33. The van der Waals surface area contributed by atoms with Crippen molar-refractivity contribution in [3.8, 4) is 0 Å². The van der Waals surface area contributed by atoms with Crippen LogP contribution in [0.4, 0.5) is 0 Å². The molecule has 1 saturated heterocycles. The van der Waals surface area contributed by atoms with E-state index in [2.05, 4.69) is 28.8 Å². The van der Waals surface area contributed by atoms with E-state index in [0.29, 0.717) is 5.56 Å². The van der Waals surface area contributed by atoms with Crippen molar-refractivity contribution in [2.45, 2.75) is 26.2 Å². The van der Waals surface area contributed by atoms with Gasteiger partial charge in [-0.2, -0.15) is 0 Å². The first-order valence-corrected chi connectivity index (χ1v) is 6.66. The molecule has 1 aromatic heterocycles. The number of ketones is 1. The van der Waals surface area contributed by atoms with Crippen LogP contribution in [0.25, 0.3) is 0 Å². The molecule has 5 nitrogen and oxygen atoms in total. The first kappa shape index (κ1) is 14.1. The van der Waals surface area contributed by atoms with Gasteiger partial charge in [0.2, 0.25) is 0 Å². The number of aliphatic hydroxyl groups is 1. The molecule has 0 aromatic carbocycles. The summed E-state index contributed by atoms with van der Waals surface area (Å²) in [6.45, 7) is 4.00. The topological polar surface area (TPSA) is 66.3 Å². The second kappa shape index (κ2) is 5.75. The number of aromatic nitrogens is 2. The van der Waals surface area contributed by atoms with Gasteiger partial charge in [-0.3, -0.25) is 4.79 Å². The first-order valence-electron chi connectivity index (χ1n) is 6.66. The van der Waals surface area contributed by atoms with Gasteiger partial charge in [0.1, 0.15) is 12.4 Å². The van der Waals surface area contributed by atoms with Crippen LogP contribution in [0.15, 0.2) is 12.4 Å². The summed E-state index contributed by atoms with van der Waals surface area (Å²) in [4.78, 5) is 22.1. The average Bonchev–Trinajstić information content (AvgIpc) is 2.42. The van der Waals surface area contributed by atoms with Gasteiger partial charge >= 0.3 is 0 Å². The van der Waals surface area contributed by atoms with E-state index < -0.39 is 6.61 Å². The fourth-order valence-electron chi connectivity index (χ4n) is 2.40. The van der Waals surface area contributed by atoms with E-state index >= 15 is 0 Å². The molecule has 0 spiro atoms. The third-order valence-corrected chi connectivity index (χ3v) is 3.95. The van der Waals surface area contributed by atoms with Gasteiger partial charge in [0.05, 0.1) is 5.56 Å². The molecule has 2 heterocycles. The number of piperidine rings is 1. The molecule has 5 heteroatoms. The van der Waals surface area contributed by atoms with Crippen molar-refractivity contribution >= 4 is 5.78 Å². The molecule has 0 atom stereocenters. The number of Topliss-reactive ketones (excluding diaryl/α,β-unsaturated/α-hetero) is 1. The van der Waals surface area contributed by atoms with Crippen LogP contribution in [0, 0.1) is 5.41 Å². The van der Waals surface area contributed by atoms with Crippen molar-refractivity contribution < 1.29 is 9.90 Å². The zero-order valence-electron chi connectivity index (χ0n) is 11.6. The second-order valence-electron chi connectivity index (χ2n) is 5.76. The number of hydrogen-bond acceptors (Lipinski definition) is 5. The fraction of sp³-hybridized carbons (Fsp3) is 0.643. The van der Waals surface area contributed by atoms with E-state index in [-0.39, 0.29) is 11.2 Å². The van der Waals surface area contributed by atoms with Gasteiger partial charge in [0.15, 0.2) is 5.78 Å². The predicted molar refractivity (Wildman–Crippen MR) is 72.0 cm³/mol. The Morgan fingerprint density at radius 3 is 2.47 bits per heavy atom. The molecular formula is C14H21N3O2. The van der Waals surface area contributed by atoms with E-state index in [9.17, 15) is 4.79 Å². The number of carbonyl (C=O) groups is 1. The predicted octanol–water partition coefficient (Wildman–Crippen LogP) is 0.926. The molecule has 0 aliphatic carbocycles. The van der Waals surface area contributed by atoms with Gasteiger partial charge in [-0.1, -0.05) is 6.92 Å². The lowest BCUT2D eigenvalue weighted by Gasteiger charge is -2.37. The van der Waals surface area contributed by atoms with Crippen LogP contribution >= 0.6 is 0 Å². The fourth-order valence-corrected chi connectivity index (χ4v) is 2.40. The molecule has 104 valence electrons. The molecule has 1 aliphatic heterocycles. The van der Waals surface area contributed by atoms with Crippen molar-refractivity contribution in [1.29, 1.82) is 0 Å². The van der Waals surface area contributed by atoms with Crippen molar-refractivity contribution in [3.63, 3.8) is 0 Å². The van der Waals surface area contributed by atoms with Crippen molar-refractivity contribution in [2.75, 3.05) is 26.7 Å². The zero-order chi connectivity index (χ0) is 13.9. The molecule has 1 aromatic rings. The Kier molecular flexibility index (Phi) is 4.27. The van der Waals surface area contributed by atoms with Crippen LogP contribution < -0.4 is 0 Å². The minimum atomic E-state index is -0.493. The minimum absolute atomic E-state index is 0.245. The van der Waals surface area contributed by atoms with Gasteiger partial charge in [0.25, 0.3) is 0 Å². The summed E-state index contributed by atoms with van der Waals surface area (Å²) < 4.78 is 0. The van der Waals surface area contributed by atoms with Crippen LogP contribution in [0.2, 0.25) is 0 Å². The summed E-state index contributed by atoms with van der Waals surface area (Å²) in [6.07, 6.45) is 6.15. The lowest BCUT2D eigenvalue weighted by molar-refractivity contribution is 0.0903. The van der Waals surface area contributed by atoms with E-state index in [1.54, 1.807) is 0 Å². The van der Waals surface area contributed by atoms with Gasteiger partial charge in [-0.05, 0) is 38.4 Å². The molecule has 0 amide bonds. The van der Waals surface area contributed by atoms with E-state index in [0.717, 1.165) is 38.2 Å². The SMILES string of the molecule is CN1CCC(C)(Cc2ncc(C(=O)CO)cn2)CC1. The number of likely N-dealkylation sites (tertiary alicyclic amines) is 1. The molecule has 0 bridgehead atoms. The largest absolute Gasteiger partial charge is 0.388 e. The highest BCUT2D eigenvalue weighted by atomic mass is 16.3. The van der Waals surface area contributed by atoms with Crippen molar-refractivity contribution in [2.24, 2.45) is 5.41 Å². The Bertz CT molecular complexity index is 437. The third-order valence-electron chi connectivity index (χ3n) is 3.95. The molecular weight excluding hydrogens is 242 g/mol. The van der Waals surface area contributed by atoms with E-state index in [1.807, 2.05) is 0 Å². The summed E-state index contributed by atoms with van der Waals surface area (Å²) in [5, 5.41) is 8.77. The zero-order valence-corrected chi connectivity index (χ0v) is 11.6. The standard InChI is InChI=1S/C14H21N3O2/c1-14(3-5-17(2)6-4-14)7-13-15-8-11(9-16-13)12(19)10-18/h8-9,18H,3-7,10H2,1-2H3. The van der Waals surface area contributed by atoms with Gasteiger partial charge in [-0.15, -0.1) is 0 Å². The third kappa shape index (κ3) is 3.58. The highest BCUT2D eigenvalue weighted by Gasteiger charge is 2.29. The van der Waals surface area contributed by atoms with Crippen LogP contribution in [0.5, 0.6) is 0 Å². The highest BCUT2D eigenvalue weighted by Crippen LogP contribution is 2.33. The monoisotopic (exact) mass is 263 g/mol. The Morgan fingerprint density at radius 1 is 1.37 bits per heavy atom. The summed E-state index contributed by atoms with van der Waals surface area (Å²) in [6, 6.07) is 0. The maximum Gasteiger partial charge on any atom is 0.191 e. The van der Waals surface area contributed by atoms with Crippen molar-refractivity contribution in [3.05, 3.63) is 23.8 Å². The lowest BCUT2D eigenvalue weighted by atomic mass is 9.77.